The molecule has 10 heteroatoms. The van der Waals surface area contributed by atoms with Crippen LogP contribution in [0.3, 0.4) is 0 Å². The lowest BCUT2D eigenvalue weighted by Crippen LogP contribution is -2.28. The van der Waals surface area contributed by atoms with Crippen LogP contribution in [0.1, 0.15) is 24.0 Å². The first kappa shape index (κ1) is 22.7. The first-order valence-electron chi connectivity index (χ1n) is 11.5. The van der Waals surface area contributed by atoms with E-state index in [4.69, 9.17) is 10.5 Å². The van der Waals surface area contributed by atoms with Gasteiger partial charge in [-0.15, -0.1) is 0 Å². The van der Waals surface area contributed by atoms with Crippen LogP contribution >= 0.6 is 0 Å². The van der Waals surface area contributed by atoms with Gasteiger partial charge in [-0.3, -0.25) is 9.69 Å². The number of ether oxygens (including phenoxy) is 1. The van der Waals surface area contributed by atoms with Crippen LogP contribution < -0.4 is 11.1 Å². The van der Waals surface area contributed by atoms with Crippen molar-refractivity contribution in [1.82, 2.24) is 24.8 Å². The van der Waals surface area contributed by atoms with Crippen molar-refractivity contribution in [3.8, 4) is 0 Å². The van der Waals surface area contributed by atoms with E-state index in [1.54, 1.807) is 25.6 Å². The highest BCUT2D eigenvalue weighted by Gasteiger charge is 2.23. The van der Waals surface area contributed by atoms with Gasteiger partial charge in [0.2, 0.25) is 0 Å². The van der Waals surface area contributed by atoms with Gasteiger partial charge in [0.05, 0.1) is 42.7 Å². The molecule has 0 bridgehead atoms. The van der Waals surface area contributed by atoms with Crippen molar-refractivity contribution in [2.75, 3.05) is 31.3 Å². The van der Waals surface area contributed by atoms with Crippen molar-refractivity contribution >= 4 is 34.4 Å². The molecule has 2 aromatic carbocycles. The van der Waals surface area contributed by atoms with Gasteiger partial charge in [-0.05, 0) is 48.7 Å². The first-order valence-corrected chi connectivity index (χ1v) is 11.5. The topological polar surface area (TPSA) is 106 Å². The smallest absolute Gasteiger partial charge is 0.144 e. The second kappa shape index (κ2) is 10.1. The Morgan fingerprint density at radius 2 is 2.17 bits per heavy atom. The van der Waals surface area contributed by atoms with Gasteiger partial charge >= 0.3 is 0 Å². The highest BCUT2D eigenvalue weighted by Crippen LogP contribution is 2.25. The van der Waals surface area contributed by atoms with E-state index in [0.29, 0.717) is 30.4 Å². The van der Waals surface area contributed by atoms with E-state index in [1.807, 2.05) is 34.0 Å². The Morgan fingerprint density at radius 3 is 3.03 bits per heavy atom. The Hall–Kier alpha value is -4.05. The van der Waals surface area contributed by atoms with Gasteiger partial charge in [-0.25, -0.2) is 14.4 Å². The minimum atomic E-state index is -0.257. The molecular weight excluding hydrogens is 447 g/mol. The Labute approximate surface area is 202 Å². The lowest BCUT2D eigenvalue weighted by atomic mass is 10.2. The quantitative estimate of drug-likeness (QED) is 0.374. The molecule has 0 spiro atoms. The number of rotatable bonds is 8. The summed E-state index contributed by atoms with van der Waals surface area (Å²) in [5.41, 5.74) is 9.41. The molecule has 1 atom stereocenters. The first-order chi connectivity index (χ1) is 17.1. The molecular formula is C25H27FN8O. The number of nitrogen functional groups attached to an aromatic ring is 1. The average Bonchev–Trinajstić information content (AvgIpc) is 3.45. The molecule has 1 aliphatic heterocycles. The summed E-state index contributed by atoms with van der Waals surface area (Å²) >= 11 is 0. The summed E-state index contributed by atoms with van der Waals surface area (Å²) in [7, 11) is 1.70. The van der Waals surface area contributed by atoms with Crippen molar-refractivity contribution in [2.24, 2.45) is 5.10 Å². The molecule has 4 aromatic rings. The zero-order valence-corrected chi connectivity index (χ0v) is 19.4. The molecule has 35 heavy (non-hydrogen) atoms. The summed E-state index contributed by atoms with van der Waals surface area (Å²) in [6.07, 6.45) is 7.04. The molecule has 5 rings (SSSR count). The Balaban J connectivity index is 1.36. The number of aromatic nitrogens is 4. The van der Waals surface area contributed by atoms with Gasteiger partial charge in [0.15, 0.2) is 0 Å². The van der Waals surface area contributed by atoms with E-state index in [-0.39, 0.29) is 11.9 Å². The maximum Gasteiger partial charge on any atom is 0.144 e. The standard InChI is InChI=1S/C25H27FN8O/c1-35-15-21-6-3-9-33(21)31-13-22-24(27)28-16-29-25(22)32-20-7-8-23-18(11-20)12-30-34(23)14-17-4-2-5-19(26)10-17/h2,4-5,7-8,10-13,16,21H,3,6,9,14-15H2,1H3,(H3,27,28,29,32)/t21-/m0/s1. The van der Waals surface area contributed by atoms with Crippen molar-refractivity contribution in [2.45, 2.75) is 25.4 Å². The van der Waals surface area contributed by atoms with Gasteiger partial charge in [-0.1, -0.05) is 12.1 Å². The predicted molar refractivity (Wildman–Crippen MR) is 134 cm³/mol. The third kappa shape index (κ3) is 5.07. The zero-order valence-electron chi connectivity index (χ0n) is 19.4. The molecule has 180 valence electrons. The van der Waals surface area contributed by atoms with E-state index in [1.165, 1.54) is 18.5 Å². The van der Waals surface area contributed by atoms with E-state index >= 15 is 0 Å². The number of benzene rings is 2. The highest BCUT2D eigenvalue weighted by molar-refractivity contribution is 5.93. The third-order valence-corrected chi connectivity index (χ3v) is 6.08. The largest absolute Gasteiger partial charge is 0.383 e. The summed E-state index contributed by atoms with van der Waals surface area (Å²) in [6, 6.07) is 12.7. The highest BCUT2D eigenvalue weighted by atomic mass is 19.1. The number of hydrazone groups is 1. The second-order valence-corrected chi connectivity index (χ2v) is 8.51. The van der Waals surface area contributed by atoms with Crippen molar-refractivity contribution in [1.29, 1.82) is 0 Å². The van der Waals surface area contributed by atoms with Crippen molar-refractivity contribution in [3.05, 3.63) is 71.9 Å². The Morgan fingerprint density at radius 1 is 1.26 bits per heavy atom. The lowest BCUT2D eigenvalue weighted by Gasteiger charge is -2.20. The fourth-order valence-electron chi connectivity index (χ4n) is 4.34. The molecule has 0 aliphatic carbocycles. The number of hydrogen-bond acceptors (Lipinski definition) is 8. The summed E-state index contributed by atoms with van der Waals surface area (Å²) < 4.78 is 20.7. The minimum Gasteiger partial charge on any atom is -0.383 e. The summed E-state index contributed by atoms with van der Waals surface area (Å²) in [4.78, 5) is 8.53. The zero-order chi connectivity index (χ0) is 24.2. The van der Waals surface area contributed by atoms with Crippen molar-refractivity contribution in [3.63, 3.8) is 0 Å². The second-order valence-electron chi connectivity index (χ2n) is 8.51. The SMILES string of the molecule is COC[C@@H]1CCCN1N=Cc1c(N)ncnc1Nc1ccc2c(cnn2Cc2cccc(F)c2)c1. The number of methoxy groups -OCH3 is 1. The Kier molecular flexibility index (Phi) is 6.53. The van der Waals surface area contributed by atoms with E-state index < -0.39 is 0 Å². The fourth-order valence-corrected chi connectivity index (χ4v) is 4.34. The molecule has 0 saturated carbocycles. The predicted octanol–water partition coefficient (Wildman–Crippen LogP) is 3.78. The maximum atomic E-state index is 13.6. The van der Waals surface area contributed by atoms with Crippen LogP contribution in [0.5, 0.6) is 0 Å². The summed E-state index contributed by atoms with van der Waals surface area (Å²) in [6.45, 7) is 1.99. The van der Waals surface area contributed by atoms with E-state index in [2.05, 4.69) is 25.5 Å². The number of nitrogens with zero attached hydrogens (tertiary/aromatic N) is 6. The summed E-state index contributed by atoms with van der Waals surface area (Å²) in [5, 5.41) is 15.4. The van der Waals surface area contributed by atoms with Gasteiger partial charge < -0.3 is 15.8 Å². The van der Waals surface area contributed by atoms with Gasteiger partial charge in [0.25, 0.3) is 0 Å². The number of hydrogen-bond donors (Lipinski definition) is 2. The number of nitrogens with two attached hydrogens (primary N) is 1. The van der Waals surface area contributed by atoms with Gasteiger partial charge in [-0.2, -0.15) is 10.2 Å². The van der Waals surface area contributed by atoms with E-state index in [0.717, 1.165) is 41.5 Å². The Bertz CT molecular complexity index is 1350. The van der Waals surface area contributed by atoms with Crippen LogP contribution in [-0.2, 0) is 11.3 Å². The molecule has 1 saturated heterocycles. The number of anilines is 3. The number of nitrogens with one attached hydrogen (secondary N) is 1. The normalized spacial score (nSPS) is 15.9. The van der Waals surface area contributed by atoms with Gasteiger partial charge in [0, 0.05) is 24.7 Å². The molecule has 9 nitrogen and oxygen atoms in total. The van der Waals surface area contributed by atoms with Crippen molar-refractivity contribution < 1.29 is 9.13 Å². The molecule has 0 unspecified atom stereocenters. The van der Waals surface area contributed by atoms with Crippen LogP contribution in [0, 0.1) is 5.82 Å². The molecule has 2 aromatic heterocycles. The minimum absolute atomic E-state index is 0.254. The average molecular weight is 475 g/mol. The third-order valence-electron chi connectivity index (χ3n) is 6.08. The fraction of sp³-hybridized carbons (Fsp3) is 0.280. The van der Waals surface area contributed by atoms with Crippen LogP contribution in [0.2, 0.25) is 0 Å². The monoisotopic (exact) mass is 474 g/mol. The van der Waals surface area contributed by atoms with Crippen LogP contribution in [0.4, 0.5) is 21.7 Å². The van der Waals surface area contributed by atoms with Gasteiger partial charge in [0.1, 0.15) is 23.8 Å². The number of halogens is 1. The summed E-state index contributed by atoms with van der Waals surface area (Å²) in [5.74, 6) is 0.654. The molecule has 0 radical (unpaired) electrons. The van der Waals surface area contributed by atoms with Crippen LogP contribution in [0.15, 0.2) is 60.1 Å². The van der Waals surface area contributed by atoms with E-state index in [9.17, 15) is 4.39 Å². The molecule has 1 aliphatic rings. The molecule has 0 amide bonds. The molecule has 1 fully saturated rings. The molecule has 3 heterocycles. The molecule has 3 N–H and O–H groups in total. The lowest BCUT2D eigenvalue weighted by molar-refractivity contribution is 0.118. The maximum absolute atomic E-state index is 13.6. The van der Waals surface area contributed by atoms with Crippen LogP contribution in [-0.4, -0.2) is 57.3 Å². The number of fused-ring (bicyclic) bond motifs is 1. The van der Waals surface area contributed by atoms with Crippen LogP contribution in [0.25, 0.3) is 10.9 Å².